The first-order valence-electron chi connectivity index (χ1n) is 9.46. The third-order valence-electron chi connectivity index (χ3n) is 5.84. The zero-order valence-corrected chi connectivity index (χ0v) is 14.7. The van der Waals surface area contributed by atoms with Crippen molar-refractivity contribution in [2.45, 2.75) is 44.1 Å². The Morgan fingerprint density at radius 3 is 2.50 bits per heavy atom. The van der Waals surface area contributed by atoms with Crippen molar-refractivity contribution in [3.63, 3.8) is 0 Å². The maximum atomic E-state index is 12.5. The quantitative estimate of drug-likeness (QED) is 0.812. The predicted octanol–water partition coefficient (Wildman–Crippen LogP) is 2.00. The first-order chi connectivity index (χ1) is 12.6. The molecule has 1 aliphatic carbocycles. The zero-order chi connectivity index (χ0) is 18.1. The number of carbonyl (C=O) groups is 3. The van der Waals surface area contributed by atoms with E-state index in [-0.39, 0.29) is 18.4 Å². The van der Waals surface area contributed by atoms with Crippen molar-refractivity contribution < 1.29 is 19.1 Å². The molecule has 3 fully saturated rings. The number of ether oxygens (including phenoxy) is 1. The van der Waals surface area contributed by atoms with Crippen LogP contribution in [-0.4, -0.2) is 36.9 Å². The number of hydrogen-bond acceptors (Lipinski definition) is 4. The van der Waals surface area contributed by atoms with Gasteiger partial charge in [-0.05, 0) is 36.5 Å². The summed E-state index contributed by atoms with van der Waals surface area (Å²) in [6.07, 6.45) is 6.29. The molecule has 1 saturated carbocycles. The smallest absolute Gasteiger partial charge is 0.244 e. The number of rotatable bonds is 3. The highest BCUT2D eigenvalue weighted by molar-refractivity contribution is 6.23. The molecule has 2 N–H and O–H groups in total. The molecule has 1 aromatic carbocycles. The maximum absolute atomic E-state index is 12.5. The van der Waals surface area contributed by atoms with Crippen molar-refractivity contribution in [3.05, 3.63) is 29.8 Å². The molecule has 138 valence electrons. The van der Waals surface area contributed by atoms with Gasteiger partial charge < -0.3 is 15.4 Å². The fourth-order valence-electron chi connectivity index (χ4n) is 4.32. The number of ketones is 1. The second kappa shape index (κ2) is 7.19. The number of benzene rings is 1. The van der Waals surface area contributed by atoms with Crippen LogP contribution < -0.4 is 10.6 Å². The average molecular weight is 356 g/mol. The fraction of sp³-hybridized carbons (Fsp3) is 0.550. The van der Waals surface area contributed by atoms with Crippen molar-refractivity contribution in [3.8, 4) is 0 Å². The topological polar surface area (TPSA) is 84.5 Å². The predicted molar refractivity (Wildman–Crippen MR) is 95.6 cm³/mol. The van der Waals surface area contributed by atoms with Gasteiger partial charge in [0.15, 0.2) is 11.7 Å². The molecule has 6 nitrogen and oxygen atoms in total. The first kappa shape index (κ1) is 17.2. The van der Waals surface area contributed by atoms with Gasteiger partial charge in [-0.2, -0.15) is 0 Å². The normalized spacial score (nSPS) is 29.2. The lowest BCUT2D eigenvalue weighted by Gasteiger charge is -2.28. The second-order valence-electron chi connectivity index (χ2n) is 7.54. The molecule has 26 heavy (non-hydrogen) atoms. The van der Waals surface area contributed by atoms with E-state index in [9.17, 15) is 14.4 Å². The minimum absolute atomic E-state index is 0.268. The summed E-state index contributed by atoms with van der Waals surface area (Å²) >= 11 is 0. The minimum Gasteiger partial charge on any atom is -0.378 e. The summed E-state index contributed by atoms with van der Waals surface area (Å²) in [5, 5.41) is 5.45. The molecule has 4 rings (SSSR count). The number of piperidine rings is 1. The summed E-state index contributed by atoms with van der Waals surface area (Å²) in [6, 6.07) is 7.49. The van der Waals surface area contributed by atoms with Crippen molar-refractivity contribution in [2.75, 3.05) is 18.5 Å². The number of nitrogens with one attached hydrogen (secondary N) is 2. The van der Waals surface area contributed by atoms with Crippen LogP contribution in [0.2, 0.25) is 0 Å². The molecule has 0 spiro atoms. The number of fused-ring (bicyclic) bond motifs is 1. The van der Waals surface area contributed by atoms with Crippen LogP contribution in [0, 0.1) is 11.8 Å². The molecule has 0 aromatic heterocycles. The van der Waals surface area contributed by atoms with E-state index in [0.29, 0.717) is 18.2 Å². The van der Waals surface area contributed by atoms with Gasteiger partial charge in [0.25, 0.3) is 0 Å². The van der Waals surface area contributed by atoms with Crippen LogP contribution in [0.1, 0.15) is 43.6 Å². The van der Waals surface area contributed by atoms with E-state index in [2.05, 4.69) is 10.6 Å². The Balaban J connectivity index is 1.42. The van der Waals surface area contributed by atoms with Gasteiger partial charge in [-0.1, -0.05) is 31.4 Å². The molecule has 0 radical (unpaired) electrons. The Hall–Kier alpha value is -2.21. The van der Waals surface area contributed by atoms with Gasteiger partial charge >= 0.3 is 0 Å². The van der Waals surface area contributed by atoms with Crippen LogP contribution in [0.25, 0.3) is 0 Å². The maximum Gasteiger partial charge on any atom is 0.244 e. The molecule has 2 amide bonds. The van der Waals surface area contributed by atoms with Crippen molar-refractivity contribution in [1.29, 1.82) is 0 Å². The monoisotopic (exact) mass is 356 g/mol. The van der Waals surface area contributed by atoms with Crippen LogP contribution in [0.3, 0.4) is 0 Å². The molecule has 6 heteroatoms. The number of hydrogen-bond donors (Lipinski definition) is 2. The lowest BCUT2D eigenvalue weighted by atomic mass is 9.83. The largest absolute Gasteiger partial charge is 0.378 e. The van der Waals surface area contributed by atoms with Crippen LogP contribution in [0.4, 0.5) is 5.69 Å². The average Bonchev–Trinajstić information content (AvgIpc) is 3.12. The molecule has 1 unspecified atom stereocenters. The van der Waals surface area contributed by atoms with Gasteiger partial charge in [0, 0.05) is 5.69 Å². The number of amides is 2. The van der Waals surface area contributed by atoms with Gasteiger partial charge in [0.2, 0.25) is 11.8 Å². The zero-order valence-electron chi connectivity index (χ0n) is 14.7. The van der Waals surface area contributed by atoms with Crippen LogP contribution in [-0.2, 0) is 19.1 Å². The Morgan fingerprint density at radius 1 is 1.04 bits per heavy atom. The number of anilines is 1. The molecular weight excluding hydrogens is 332 g/mol. The third kappa shape index (κ3) is 3.26. The van der Waals surface area contributed by atoms with Gasteiger partial charge in [-0.15, -0.1) is 0 Å². The molecule has 1 aromatic rings. The number of Topliss-reactive ketones (excluding diaryl/α,β-unsaturated/α-hetero) is 1. The summed E-state index contributed by atoms with van der Waals surface area (Å²) in [5.41, 5.74) is 1.90. The van der Waals surface area contributed by atoms with E-state index in [0.717, 1.165) is 0 Å². The Kier molecular flexibility index (Phi) is 4.76. The second-order valence-corrected chi connectivity index (χ2v) is 7.54. The first-order valence-corrected chi connectivity index (χ1v) is 9.46. The summed E-state index contributed by atoms with van der Waals surface area (Å²) in [5.74, 6) is -2.56. The van der Waals surface area contributed by atoms with E-state index >= 15 is 0 Å². The molecule has 3 atom stereocenters. The summed E-state index contributed by atoms with van der Waals surface area (Å²) < 4.78 is 5.26. The Morgan fingerprint density at radius 2 is 1.77 bits per heavy atom. The van der Waals surface area contributed by atoms with E-state index in [4.69, 9.17) is 4.74 Å². The van der Waals surface area contributed by atoms with Crippen molar-refractivity contribution in [1.82, 2.24) is 5.32 Å². The highest BCUT2D eigenvalue weighted by Gasteiger charge is 2.49. The van der Waals surface area contributed by atoms with E-state index < -0.39 is 23.7 Å². The summed E-state index contributed by atoms with van der Waals surface area (Å²) in [4.78, 5) is 37.2. The van der Waals surface area contributed by atoms with Gasteiger partial charge in [-0.25, -0.2) is 0 Å². The minimum atomic E-state index is -1.30. The van der Waals surface area contributed by atoms with E-state index in [1.54, 1.807) is 0 Å². The molecule has 2 saturated heterocycles. The fourth-order valence-corrected chi connectivity index (χ4v) is 4.32. The van der Waals surface area contributed by atoms with E-state index in [1.807, 2.05) is 24.3 Å². The lowest BCUT2D eigenvalue weighted by molar-refractivity contribution is -0.145. The Bertz CT molecular complexity index is 709. The lowest BCUT2D eigenvalue weighted by Crippen LogP contribution is -2.57. The number of carbonyl (C=O) groups excluding carboxylic acids is 3. The van der Waals surface area contributed by atoms with Crippen LogP contribution >= 0.6 is 0 Å². The van der Waals surface area contributed by atoms with E-state index in [1.165, 1.54) is 37.7 Å². The molecule has 3 aliphatic rings. The summed E-state index contributed by atoms with van der Waals surface area (Å²) in [6.45, 7) is 0.600. The highest BCUT2D eigenvalue weighted by Crippen LogP contribution is 2.33. The van der Waals surface area contributed by atoms with Gasteiger partial charge in [0.05, 0.1) is 25.2 Å². The van der Waals surface area contributed by atoms with Crippen molar-refractivity contribution in [2.24, 2.45) is 11.8 Å². The van der Waals surface area contributed by atoms with Crippen molar-refractivity contribution >= 4 is 23.3 Å². The third-order valence-corrected chi connectivity index (χ3v) is 5.84. The van der Waals surface area contributed by atoms with Crippen LogP contribution in [0.15, 0.2) is 24.3 Å². The molecule has 0 bridgehead atoms. The standard InChI is InChI=1S/C20H24N2O4/c23-18-15-10-26-11-16(15)22-20(25)17(18)19(24)21-14-8-6-13(7-9-14)12-4-2-1-3-5-12/h6-9,12,15-17H,1-5,10-11H2,(H,21,24)(H,22,25)/t15-,16+,17?/m1/s1. The van der Waals surface area contributed by atoms with Gasteiger partial charge in [0.1, 0.15) is 0 Å². The van der Waals surface area contributed by atoms with Crippen LogP contribution in [0.5, 0.6) is 0 Å². The SMILES string of the molecule is O=C(Nc1ccc(C2CCCCC2)cc1)C1C(=O)N[C@H]2COC[C@H]2C1=O. The molecule has 2 aliphatic heterocycles. The van der Waals surface area contributed by atoms with Gasteiger partial charge in [-0.3, -0.25) is 14.4 Å². The Labute approximate surface area is 152 Å². The molecular formula is C20H24N2O4. The summed E-state index contributed by atoms with van der Waals surface area (Å²) in [7, 11) is 0. The molecule has 2 heterocycles. The highest BCUT2D eigenvalue weighted by atomic mass is 16.5.